The summed E-state index contributed by atoms with van der Waals surface area (Å²) in [5.41, 5.74) is 0. The molecule has 0 bridgehead atoms. The zero-order valence-corrected chi connectivity index (χ0v) is 12.2. The summed E-state index contributed by atoms with van der Waals surface area (Å²) in [6, 6.07) is 0.601. The topological polar surface area (TPSA) is 75.9 Å². The second-order valence-electron chi connectivity index (χ2n) is 5.32. The zero-order valence-electron chi connectivity index (χ0n) is 11.4. The van der Waals surface area contributed by atoms with Crippen molar-refractivity contribution in [1.29, 1.82) is 0 Å². The molecule has 0 saturated carbocycles. The third-order valence-corrected chi connectivity index (χ3v) is 4.25. The van der Waals surface area contributed by atoms with Crippen molar-refractivity contribution in [2.45, 2.75) is 18.9 Å². The summed E-state index contributed by atoms with van der Waals surface area (Å²) in [4.78, 5) is 21.5. The molecule has 21 heavy (non-hydrogen) atoms. The highest BCUT2D eigenvalue weighted by molar-refractivity contribution is 6.28. The number of aromatic nitrogens is 6. The largest absolute Gasteiger partial charge is 0.338 e. The van der Waals surface area contributed by atoms with Crippen LogP contribution in [0.5, 0.6) is 0 Å². The number of rotatable bonds is 2. The fourth-order valence-corrected chi connectivity index (χ4v) is 3.21. The number of piperazine rings is 1. The number of fused-ring (bicyclic) bond motifs is 1. The number of anilines is 1. The summed E-state index contributed by atoms with van der Waals surface area (Å²) < 4.78 is 1.49. The van der Waals surface area contributed by atoms with Crippen LogP contribution in [-0.4, -0.2) is 66.8 Å². The van der Waals surface area contributed by atoms with Crippen LogP contribution < -0.4 is 4.90 Å². The lowest BCUT2D eigenvalue weighted by Crippen LogP contribution is -2.50. The van der Waals surface area contributed by atoms with Crippen molar-refractivity contribution < 1.29 is 0 Å². The third kappa shape index (κ3) is 2.44. The van der Waals surface area contributed by atoms with Crippen LogP contribution in [0.4, 0.5) is 5.95 Å². The van der Waals surface area contributed by atoms with E-state index in [2.05, 4.69) is 34.8 Å². The molecule has 2 aromatic rings. The first-order chi connectivity index (χ1) is 10.3. The van der Waals surface area contributed by atoms with Gasteiger partial charge in [-0.15, -0.1) is 0 Å². The number of halogens is 1. The van der Waals surface area contributed by atoms with Crippen molar-refractivity contribution in [3.05, 3.63) is 17.9 Å². The highest BCUT2D eigenvalue weighted by atomic mass is 35.5. The minimum absolute atomic E-state index is 0.180. The predicted molar refractivity (Wildman–Crippen MR) is 76.6 cm³/mol. The van der Waals surface area contributed by atoms with Gasteiger partial charge >= 0.3 is 0 Å². The maximum atomic E-state index is 6.04. The minimum Gasteiger partial charge on any atom is -0.338 e. The summed E-state index contributed by atoms with van der Waals surface area (Å²) in [6.07, 6.45) is 5.50. The predicted octanol–water partition coefficient (Wildman–Crippen LogP) is 0.390. The highest BCUT2D eigenvalue weighted by Gasteiger charge is 2.31. The average molecular weight is 307 g/mol. The van der Waals surface area contributed by atoms with Crippen LogP contribution >= 0.6 is 11.6 Å². The Hall–Kier alpha value is -1.80. The molecule has 2 aromatic heterocycles. The molecule has 0 radical (unpaired) electrons. The first-order valence-corrected chi connectivity index (χ1v) is 7.43. The van der Waals surface area contributed by atoms with Crippen molar-refractivity contribution >= 4 is 17.5 Å². The van der Waals surface area contributed by atoms with E-state index in [0.29, 0.717) is 17.9 Å². The Morgan fingerprint density at radius 2 is 2.00 bits per heavy atom. The molecule has 1 atom stereocenters. The fraction of sp³-hybridized carbons (Fsp3) is 0.583. The second kappa shape index (κ2) is 5.19. The first-order valence-electron chi connectivity index (χ1n) is 7.05. The summed E-state index contributed by atoms with van der Waals surface area (Å²) in [6.45, 7) is 4.11. The molecule has 2 saturated heterocycles. The quantitative estimate of drug-likeness (QED) is 0.794. The third-order valence-electron chi connectivity index (χ3n) is 4.08. The monoisotopic (exact) mass is 306 g/mol. The Kier molecular flexibility index (Phi) is 3.19. The van der Waals surface area contributed by atoms with Gasteiger partial charge < -0.3 is 4.90 Å². The van der Waals surface area contributed by atoms with Crippen LogP contribution in [0, 0.1) is 0 Å². The van der Waals surface area contributed by atoms with E-state index in [9.17, 15) is 0 Å². The van der Waals surface area contributed by atoms with Crippen molar-refractivity contribution in [2.75, 3.05) is 31.1 Å². The van der Waals surface area contributed by atoms with Gasteiger partial charge in [0.1, 0.15) is 12.7 Å². The maximum absolute atomic E-state index is 6.04. The summed E-state index contributed by atoms with van der Waals surface area (Å²) in [5.74, 6) is 1.02. The van der Waals surface area contributed by atoms with Gasteiger partial charge in [0.2, 0.25) is 11.2 Å². The van der Waals surface area contributed by atoms with Gasteiger partial charge in [0.25, 0.3) is 5.95 Å². The molecule has 0 N–H and O–H groups in total. The van der Waals surface area contributed by atoms with Gasteiger partial charge in [0.15, 0.2) is 0 Å². The Balaban J connectivity index is 1.63. The molecule has 8 nitrogen and oxygen atoms in total. The van der Waals surface area contributed by atoms with Gasteiger partial charge in [-0.25, -0.2) is 4.98 Å². The molecule has 0 amide bonds. The van der Waals surface area contributed by atoms with E-state index in [-0.39, 0.29) is 5.28 Å². The van der Waals surface area contributed by atoms with Crippen LogP contribution in [0.15, 0.2) is 12.7 Å². The Morgan fingerprint density at radius 3 is 2.86 bits per heavy atom. The van der Waals surface area contributed by atoms with Gasteiger partial charge in [-0.2, -0.15) is 24.7 Å². The standard InChI is InChI=1S/C12H15ClN8/c13-10-16-11(18-12(17-10)21-8-14-7-15-21)20-5-4-19-3-1-2-9(19)6-20/h7-9H,1-6H2. The van der Waals surface area contributed by atoms with E-state index in [4.69, 9.17) is 11.6 Å². The molecule has 1 unspecified atom stereocenters. The van der Waals surface area contributed by atoms with Crippen LogP contribution in [0.25, 0.3) is 5.95 Å². The van der Waals surface area contributed by atoms with E-state index in [0.717, 1.165) is 19.6 Å². The highest BCUT2D eigenvalue weighted by Crippen LogP contribution is 2.24. The number of hydrogen-bond acceptors (Lipinski definition) is 7. The van der Waals surface area contributed by atoms with Gasteiger partial charge in [0, 0.05) is 25.7 Å². The van der Waals surface area contributed by atoms with Gasteiger partial charge in [-0.1, -0.05) is 0 Å². The van der Waals surface area contributed by atoms with Crippen LogP contribution in [-0.2, 0) is 0 Å². The molecule has 9 heteroatoms. The molecule has 0 aromatic carbocycles. The molecule has 2 aliphatic heterocycles. The van der Waals surface area contributed by atoms with Crippen LogP contribution in [0.3, 0.4) is 0 Å². The van der Waals surface area contributed by atoms with Gasteiger partial charge in [0.05, 0.1) is 0 Å². The SMILES string of the molecule is Clc1nc(N2CCN3CCCC3C2)nc(-n2cncn2)n1. The van der Waals surface area contributed by atoms with Crippen molar-refractivity contribution in [2.24, 2.45) is 0 Å². The van der Waals surface area contributed by atoms with Gasteiger partial charge in [-0.3, -0.25) is 4.90 Å². The zero-order chi connectivity index (χ0) is 14.2. The van der Waals surface area contributed by atoms with Crippen LogP contribution in [0.1, 0.15) is 12.8 Å². The molecule has 110 valence electrons. The molecule has 4 heterocycles. The van der Waals surface area contributed by atoms with E-state index in [1.807, 2.05) is 0 Å². The van der Waals surface area contributed by atoms with E-state index in [1.165, 1.54) is 30.4 Å². The second-order valence-corrected chi connectivity index (χ2v) is 5.66. The minimum atomic E-state index is 0.180. The fourth-order valence-electron chi connectivity index (χ4n) is 3.06. The summed E-state index contributed by atoms with van der Waals surface area (Å²) >= 11 is 6.04. The Bertz CT molecular complexity index is 630. The molecule has 0 aliphatic carbocycles. The van der Waals surface area contributed by atoms with Crippen molar-refractivity contribution in [3.63, 3.8) is 0 Å². The lowest BCUT2D eigenvalue weighted by atomic mass is 10.2. The molecule has 0 spiro atoms. The Labute approximate surface area is 126 Å². The molecule has 2 fully saturated rings. The summed E-state index contributed by atoms with van der Waals surface area (Å²) in [5, 5.41) is 4.21. The van der Waals surface area contributed by atoms with E-state index in [1.54, 1.807) is 6.33 Å². The summed E-state index contributed by atoms with van der Waals surface area (Å²) in [7, 11) is 0. The normalized spacial score (nSPS) is 22.5. The average Bonchev–Trinajstić information content (AvgIpc) is 3.17. The molecular weight excluding hydrogens is 292 g/mol. The molecular formula is C12H15ClN8. The Morgan fingerprint density at radius 1 is 1.10 bits per heavy atom. The van der Waals surface area contributed by atoms with Crippen molar-refractivity contribution in [3.8, 4) is 5.95 Å². The number of hydrogen-bond donors (Lipinski definition) is 0. The van der Waals surface area contributed by atoms with E-state index >= 15 is 0 Å². The van der Waals surface area contributed by atoms with E-state index < -0.39 is 0 Å². The molecule has 4 rings (SSSR count). The lowest BCUT2D eigenvalue weighted by molar-refractivity contribution is 0.229. The lowest BCUT2D eigenvalue weighted by Gasteiger charge is -2.37. The van der Waals surface area contributed by atoms with Gasteiger partial charge in [-0.05, 0) is 31.0 Å². The smallest absolute Gasteiger partial charge is 0.258 e. The van der Waals surface area contributed by atoms with Crippen LogP contribution in [0.2, 0.25) is 5.28 Å². The first kappa shape index (κ1) is 12.9. The van der Waals surface area contributed by atoms with Crippen molar-refractivity contribution in [1.82, 2.24) is 34.6 Å². The maximum Gasteiger partial charge on any atom is 0.258 e. The molecule has 2 aliphatic rings. The number of nitrogens with zero attached hydrogens (tertiary/aromatic N) is 8.